The van der Waals surface area contributed by atoms with Gasteiger partial charge >= 0.3 is 0 Å². The fraction of sp³-hybridized carbons (Fsp3) is 0.700. The predicted molar refractivity (Wildman–Crippen MR) is 87.0 cm³/mol. The summed E-state index contributed by atoms with van der Waals surface area (Å²) in [4.78, 5) is 0. The molecule has 0 unspecified atom stereocenters. The molecule has 2 aliphatic rings. The molecule has 0 heterocycles. The Hall–Kier alpha value is -0.850. The normalized spacial score (nSPS) is 27.7. The molecule has 21 heavy (non-hydrogen) atoms. The molecule has 1 aromatic rings. The van der Waals surface area contributed by atoms with E-state index >= 15 is 0 Å². The Kier molecular flexibility index (Phi) is 4.98. The Bertz CT molecular complexity index is 451. The Labute approximate surface area is 129 Å². The molecule has 0 bridgehead atoms. The Morgan fingerprint density at radius 1 is 0.905 bits per heavy atom. The minimum atomic E-state index is -0.0307. The summed E-state index contributed by atoms with van der Waals surface area (Å²) in [6.07, 6.45) is 14.0. The van der Waals surface area contributed by atoms with E-state index in [0.29, 0.717) is 5.92 Å². The summed E-state index contributed by atoms with van der Waals surface area (Å²) in [5, 5.41) is 0. The van der Waals surface area contributed by atoms with Crippen LogP contribution in [0.2, 0.25) is 0 Å². The van der Waals surface area contributed by atoms with Crippen molar-refractivity contribution < 1.29 is 4.39 Å². The van der Waals surface area contributed by atoms with Crippen LogP contribution in [0.4, 0.5) is 4.39 Å². The lowest BCUT2D eigenvalue weighted by molar-refractivity contribution is 0.233. The molecule has 3 rings (SSSR count). The van der Waals surface area contributed by atoms with Gasteiger partial charge in [0.2, 0.25) is 0 Å². The molecular weight excluding hydrogens is 259 g/mol. The molecular formula is C20H29F. The van der Waals surface area contributed by atoms with Gasteiger partial charge in [0.15, 0.2) is 0 Å². The van der Waals surface area contributed by atoms with E-state index in [2.05, 4.69) is 6.07 Å². The summed E-state index contributed by atoms with van der Waals surface area (Å²) in [7, 11) is 0. The van der Waals surface area contributed by atoms with Crippen LogP contribution in [0.15, 0.2) is 18.2 Å². The van der Waals surface area contributed by atoms with Crippen LogP contribution >= 0.6 is 0 Å². The van der Waals surface area contributed by atoms with Crippen molar-refractivity contribution in [3.8, 4) is 0 Å². The molecule has 0 spiro atoms. The second-order valence-corrected chi connectivity index (χ2v) is 7.47. The largest absolute Gasteiger partial charge is 0.207 e. The average molecular weight is 288 g/mol. The van der Waals surface area contributed by atoms with Crippen molar-refractivity contribution in [3.05, 3.63) is 35.1 Å². The first-order chi connectivity index (χ1) is 10.2. The van der Waals surface area contributed by atoms with Crippen LogP contribution < -0.4 is 0 Å². The fourth-order valence-electron chi connectivity index (χ4n) is 4.49. The Morgan fingerprint density at radius 3 is 2.24 bits per heavy atom. The molecule has 0 atom stereocenters. The van der Waals surface area contributed by atoms with E-state index < -0.39 is 0 Å². The fourth-order valence-corrected chi connectivity index (χ4v) is 4.49. The third-order valence-electron chi connectivity index (χ3n) is 5.91. The molecule has 0 aliphatic heterocycles. The second kappa shape index (κ2) is 6.94. The molecule has 0 nitrogen and oxygen atoms in total. The summed E-state index contributed by atoms with van der Waals surface area (Å²) in [6.45, 7) is 1.85. The van der Waals surface area contributed by atoms with E-state index in [9.17, 15) is 4.39 Å². The quantitative estimate of drug-likeness (QED) is 0.605. The highest BCUT2D eigenvalue weighted by Gasteiger charge is 2.25. The van der Waals surface area contributed by atoms with Gasteiger partial charge in [-0.05, 0) is 74.0 Å². The van der Waals surface area contributed by atoms with Crippen molar-refractivity contribution in [1.82, 2.24) is 0 Å². The molecule has 0 N–H and O–H groups in total. The van der Waals surface area contributed by atoms with Crippen molar-refractivity contribution in [3.63, 3.8) is 0 Å². The lowest BCUT2D eigenvalue weighted by atomic mass is 9.73. The lowest BCUT2D eigenvalue weighted by Gasteiger charge is -2.32. The van der Waals surface area contributed by atoms with Crippen LogP contribution in [-0.4, -0.2) is 0 Å². The number of benzene rings is 1. The first-order valence-electron chi connectivity index (χ1n) is 8.98. The maximum absolute atomic E-state index is 13.7. The molecule has 0 saturated heterocycles. The van der Waals surface area contributed by atoms with Gasteiger partial charge in [0.05, 0.1) is 0 Å². The standard InChI is InChI=1S/C20H29F/c1-15-7-10-19(14-20(15)21)18-11-8-17(9-12-18)13-16-5-3-2-4-6-16/h7,10,14,16-18H,2-6,8-9,11-13H2,1H3. The molecule has 0 amide bonds. The molecule has 0 radical (unpaired) electrons. The Morgan fingerprint density at radius 2 is 1.57 bits per heavy atom. The van der Waals surface area contributed by atoms with Gasteiger partial charge in [-0.3, -0.25) is 0 Å². The number of rotatable bonds is 3. The third-order valence-corrected chi connectivity index (χ3v) is 5.91. The van der Waals surface area contributed by atoms with Crippen LogP contribution in [0.5, 0.6) is 0 Å². The topological polar surface area (TPSA) is 0 Å². The Balaban J connectivity index is 1.51. The van der Waals surface area contributed by atoms with E-state index in [4.69, 9.17) is 0 Å². The molecule has 2 aliphatic carbocycles. The SMILES string of the molecule is Cc1ccc(C2CCC(CC3CCCCC3)CC2)cc1F. The summed E-state index contributed by atoms with van der Waals surface area (Å²) < 4.78 is 13.7. The lowest BCUT2D eigenvalue weighted by Crippen LogP contribution is -2.18. The van der Waals surface area contributed by atoms with E-state index in [1.54, 1.807) is 6.07 Å². The minimum Gasteiger partial charge on any atom is -0.207 e. The summed E-state index contributed by atoms with van der Waals surface area (Å²) in [5.41, 5.74) is 2.00. The van der Waals surface area contributed by atoms with Gasteiger partial charge in [-0.25, -0.2) is 4.39 Å². The number of hydrogen-bond acceptors (Lipinski definition) is 0. The van der Waals surface area contributed by atoms with E-state index in [1.165, 1.54) is 69.8 Å². The highest BCUT2D eigenvalue weighted by molar-refractivity contribution is 5.26. The van der Waals surface area contributed by atoms with Gasteiger partial charge in [0, 0.05) is 0 Å². The van der Waals surface area contributed by atoms with Gasteiger partial charge in [-0.15, -0.1) is 0 Å². The number of halogens is 1. The van der Waals surface area contributed by atoms with Gasteiger partial charge < -0.3 is 0 Å². The molecule has 0 aromatic heterocycles. The van der Waals surface area contributed by atoms with Crippen LogP contribution in [0.25, 0.3) is 0 Å². The zero-order valence-electron chi connectivity index (χ0n) is 13.4. The monoisotopic (exact) mass is 288 g/mol. The molecule has 2 saturated carbocycles. The molecule has 116 valence electrons. The zero-order valence-corrected chi connectivity index (χ0v) is 13.4. The summed E-state index contributed by atoms with van der Waals surface area (Å²) in [5.74, 6) is 2.52. The average Bonchev–Trinajstić information content (AvgIpc) is 2.52. The molecule has 2 fully saturated rings. The first-order valence-corrected chi connectivity index (χ1v) is 8.98. The maximum atomic E-state index is 13.7. The predicted octanol–water partition coefficient (Wildman–Crippen LogP) is 6.38. The highest BCUT2D eigenvalue weighted by atomic mass is 19.1. The van der Waals surface area contributed by atoms with E-state index in [0.717, 1.165) is 17.4 Å². The van der Waals surface area contributed by atoms with Crippen LogP contribution in [0, 0.1) is 24.6 Å². The first kappa shape index (κ1) is 15.1. The number of hydrogen-bond donors (Lipinski definition) is 0. The zero-order chi connectivity index (χ0) is 14.7. The second-order valence-electron chi connectivity index (χ2n) is 7.47. The third kappa shape index (κ3) is 3.87. The molecule has 1 heteroatoms. The van der Waals surface area contributed by atoms with Crippen molar-refractivity contribution in [1.29, 1.82) is 0 Å². The number of aryl methyl sites for hydroxylation is 1. The van der Waals surface area contributed by atoms with Gasteiger partial charge in [-0.1, -0.05) is 44.2 Å². The van der Waals surface area contributed by atoms with Crippen LogP contribution in [-0.2, 0) is 0 Å². The maximum Gasteiger partial charge on any atom is 0.126 e. The van der Waals surface area contributed by atoms with Crippen molar-refractivity contribution >= 4 is 0 Å². The van der Waals surface area contributed by atoms with Crippen LogP contribution in [0.3, 0.4) is 0 Å². The van der Waals surface area contributed by atoms with Crippen LogP contribution in [0.1, 0.15) is 81.3 Å². The minimum absolute atomic E-state index is 0.0307. The highest BCUT2D eigenvalue weighted by Crippen LogP contribution is 2.40. The van der Waals surface area contributed by atoms with Gasteiger partial charge in [0.1, 0.15) is 5.82 Å². The van der Waals surface area contributed by atoms with Gasteiger partial charge in [-0.2, -0.15) is 0 Å². The molecule has 1 aromatic carbocycles. The van der Waals surface area contributed by atoms with Crippen molar-refractivity contribution in [2.45, 2.75) is 77.0 Å². The van der Waals surface area contributed by atoms with Crippen molar-refractivity contribution in [2.24, 2.45) is 11.8 Å². The van der Waals surface area contributed by atoms with E-state index in [1.807, 2.05) is 13.0 Å². The van der Waals surface area contributed by atoms with E-state index in [-0.39, 0.29) is 5.82 Å². The summed E-state index contributed by atoms with van der Waals surface area (Å²) >= 11 is 0. The van der Waals surface area contributed by atoms with Gasteiger partial charge in [0.25, 0.3) is 0 Å². The van der Waals surface area contributed by atoms with Crippen molar-refractivity contribution in [2.75, 3.05) is 0 Å². The summed E-state index contributed by atoms with van der Waals surface area (Å²) in [6, 6.07) is 5.87. The smallest absolute Gasteiger partial charge is 0.126 e.